The van der Waals surface area contributed by atoms with Crippen LogP contribution in [0.25, 0.3) is 0 Å². The van der Waals surface area contributed by atoms with E-state index in [4.69, 9.17) is 27.9 Å². The molecule has 4 heteroatoms. The number of halogens is 2. The van der Waals surface area contributed by atoms with Gasteiger partial charge in [-0.1, -0.05) is 17.7 Å². The molecule has 0 saturated heterocycles. The van der Waals surface area contributed by atoms with Gasteiger partial charge >= 0.3 is 0 Å². The Balaban J connectivity index is 2.73. The average Bonchev–Trinajstić information content (AvgIpc) is 2.29. The molecule has 1 rings (SSSR count). The Bertz CT molecular complexity index is 353. The van der Waals surface area contributed by atoms with E-state index in [2.05, 4.69) is 0 Å². The molecule has 1 aromatic rings. The van der Waals surface area contributed by atoms with Crippen LogP contribution in [-0.2, 0) is 4.79 Å². The van der Waals surface area contributed by atoms with E-state index in [-0.39, 0.29) is 5.38 Å². The maximum atomic E-state index is 10.2. The highest BCUT2D eigenvalue weighted by molar-refractivity contribution is 6.30. The van der Waals surface area contributed by atoms with Crippen molar-refractivity contribution >= 4 is 29.5 Å². The number of alkyl halides is 1. The van der Waals surface area contributed by atoms with E-state index >= 15 is 0 Å². The van der Waals surface area contributed by atoms with Gasteiger partial charge < -0.3 is 9.53 Å². The molecular formula is C12H14Cl2O2. The van der Waals surface area contributed by atoms with E-state index in [0.29, 0.717) is 17.2 Å². The molecule has 0 aliphatic rings. The third-order valence-corrected chi connectivity index (χ3v) is 3.00. The van der Waals surface area contributed by atoms with Crippen molar-refractivity contribution in [2.24, 2.45) is 0 Å². The van der Waals surface area contributed by atoms with Crippen LogP contribution in [0.3, 0.4) is 0 Å². The molecule has 0 N–H and O–H groups in total. The molecule has 0 aromatic heterocycles. The number of hydrogen-bond acceptors (Lipinski definition) is 2. The van der Waals surface area contributed by atoms with Crippen molar-refractivity contribution in [3.63, 3.8) is 0 Å². The van der Waals surface area contributed by atoms with E-state index in [1.54, 1.807) is 19.2 Å². The molecule has 0 fully saturated rings. The second kappa shape index (κ2) is 6.77. The molecule has 1 unspecified atom stereocenters. The van der Waals surface area contributed by atoms with E-state index in [0.717, 1.165) is 24.7 Å². The molecule has 88 valence electrons. The fraction of sp³-hybridized carbons (Fsp3) is 0.417. The van der Waals surface area contributed by atoms with Crippen molar-refractivity contribution in [3.05, 3.63) is 28.8 Å². The van der Waals surface area contributed by atoms with Gasteiger partial charge in [-0.3, -0.25) is 0 Å². The standard InChI is InChI=1S/C12H14Cl2O2/c1-16-12-8-9(13)5-6-10(12)11(14)4-2-3-7-15/h5-8,11H,2-4H2,1H3. The second-order valence-corrected chi connectivity index (χ2v) is 4.41. The summed E-state index contributed by atoms with van der Waals surface area (Å²) >= 11 is 12.1. The van der Waals surface area contributed by atoms with E-state index < -0.39 is 0 Å². The molecule has 0 amide bonds. The molecule has 0 heterocycles. The van der Waals surface area contributed by atoms with Crippen LogP contribution in [0.1, 0.15) is 30.2 Å². The van der Waals surface area contributed by atoms with Crippen LogP contribution in [0.4, 0.5) is 0 Å². The Morgan fingerprint density at radius 2 is 2.25 bits per heavy atom. The van der Waals surface area contributed by atoms with Gasteiger partial charge in [0.05, 0.1) is 12.5 Å². The van der Waals surface area contributed by atoms with Gasteiger partial charge in [-0.15, -0.1) is 11.6 Å². The van der Waals surface area contributed by atoms with E-state index in [1.165, 1.54) is 0 Å². The van der Waals surface area contributed by atoms with Crippen molar-refractivity contribution in [2.75, 3.05) is 7.11 Å². The summed E-state index contributed by atoms with van der Waals surface area (Å²) in [5.41, 5.74) is 0.916. The molecule has 0 radical (unpaired) electrons. The molecule has 2 nitrogen and oxygen atoms in total. The first kappa shape index (κ1) is 13.3. The third kappa shape index (κ3) is 3.69. The minimum absolute atomic E-state index is 0.146. The lowest BCUT2D eigenvalue weighted by atomic mass is 10.1. The summed E-state index contributed by atoms with van der Waals surface area (Å²) in [6, 6.07) is 5.39. The summed E-state index contributed by atoms with van der Waals surface area (Å²) < 4.78 is 5.22. The predicted molar refractivity (Wildman–Crippen MR) is 66.5 cm³/mol. The Labute approximate surface area is 106 Å². The van der Waals surface area contributed by atoms with Crippen molar-refractivity contribution in [3.8, 4) is 5.75 Å². The van der Waals surface area contributed by atoms with Crippen LogP contribution in [-0.4, -0.2) is 13.4 Å². The maximum Gasteiger partial charge on any atom is 0.125 e. The van der Waals surface area contributed by atoms with Crippen LogP contribution < -0.4 is 4.74 Å². The number of carbonyl (C=O) groups excluding carboxylic acids is 1. The number of carbonyl (C=O) groups is 1. The first-order valence-corrected chi connectivity index (χ1v) is 5.91. The zero-order valence-electron chi connectivity index (χ0n) is 9.08. The first-order chi connectivity index (χ1) is 7.69. The van der Waals surface area contributed by atoms with Crippen LogP contribution in [0.15, 0.2) is 18.2 Å². The molecule has 16 heavy (non-hydrogen) atoms. The van der Waals surface area contributed by atoms with Gasteiger partial charge in [0.1, 0.15) is 12.0 Å². The summed E-state index contributed by atoms with van der Waals surface area (Å²) in [6.45, 7) is 0. The van der Waals surface area contributed by atoms with Gasteiger partial charge in [0.15, 0.2) is 0 Å². The lowest BCUT2D eigenvalue weighted by Crippen LogP contribution is -1.96. The highest BCUT2D eigenvalue weighted by Gasteiger charge is 2.13. The Kier molecular flexibility index (Phi) is 5.64. The van der Waals surface area contributed by atoms with Crippen LogP contribution in [0.2, 0.25) is 5.02 Å². The molecular weight excluding hydrogens is 247 g/mol. The monoisotopic (exact) mass is 260 g/mol. The summed E-state index contributed by atoms with van der Waals surface area (Å²) in [7, 11) is 1.59. The zero-order chi connectivity index (χ0) is 12.0. The lowest BCUT2D eigenvalue weighted by molar-refractivity contribution is -0.107. The fourth-order valence-electron chi connectivity index (χ4n) is 1.48. The Morgan fingerprint density at radius 3 is 2.88 bits per heavy atom. The summed E-state index contributed by atoms with van der Waals surface area (Å²) in [5.74, 6) is 0.693. The van der Waals surface area contributed by atoms with Gasteiger partial charge in [-0.25, -0.2) is 0 Å². The Morgan fingerprint density at radius 1 is 1.50 bits per heavy atom. The van der Waals surface area contributed by atoms with Crippen LogP contribution >= 0.6 is 23.2 Å². The quantitative estimate of drug-likeness (QED) is 0.439. The van der Waals surface area contributed by atoms with Crippen molar-refractivity contribution < 1.29 is 9.53 Å². The molecule has 0 bridgehead atoms. The summed E-state index contributed by atoms with van der Waals surface area (Å²) in [5, 5.41) is 0.476. The van der Waals surface area contributed by atoms with E-state index in [9.17, 15) is 4.79 Å². The van der Waals surface area contributed by atoms with Crippen molar-refractivity contribution in [2.45, 2.75) is 24.6 Å². The molecule has 0 saturated carbocycles. The number of methoxy groups -OCH3 is 1. The number of hydrogen-bond donors (Lipinski definition) is 0. The predicted octanol–water partition coefficient (Wildman–Crippen LogP) is 4.00. The minimum atomic E-state index is -0.146. The van der Waals surface area contributed by atoms with Crippen molar-refractivity contribution in [1.82, 2.24) is 0 Å². The van der Waals surface area contributed by atoms with Crippen molar-refractivity contribution in [1.29, 1.82) is 0 Å². The Hall–Kier alpha value is -0.730. The number of aldehydes is 1. The van der Waals surface area contributed by atoms with Gasteiger partial charge in [0.25, 0.3) is 0 Å². The summed E-state index contributed by atoms with van der Waals surface area (Å²) in [4.78, 5) is 10.2. The minimum Gasteiger partial charge on any atom is -0.496 e. The molecule has 0 aliphatic carbocycles. The van der Waals surface area contributed by atoms with Gasteiger partial charge in [0, 0.05) is 17.0 Å². The highest BCUT2D eigenvalue weighted by atomic mass is 35.5. The number of unbranched alkanes of at least 4 members (excludes halogenated alkanes) is 1. The molecule has 1 aromatic carbocycles. The van der Waals surface area contributed by atoms with Crippen LogP contribution in [0.5, 0.6) is 5.75 Å². The number of benzene rings is 1. The number of ether oxygens (including phenoxy) is 1. The van der Waals surface area contributed by atoms with Gasteiger partial charge in [0.2, 0.25) is 0 Å². The smallest absolute Gasteiger partial charge is 0.125 e. The number of rotatable bonds is 6. The van der Waals surface area contributed by atoms with Gasteiger partial charge in [-0.05, 0) is 25.0 Å². The van der Waals surface area contributed by atoms with Gasteiger partial charge in [-0.2, -0.15) is 0 Å². The topological polar surface area (TPSA) is 26.3 Å². The second-order valence-electron chi connectivity index (χ2n) is 3.45. The maximum absolute atomic E-state index is 10.2. The fourth-order valence-corrected chi connectivity index (χ4v) is 1.98. The first-order valence-electron chi connectivity index (χ1n) is 5.10. The van der Waals surface area contributed by atoms with Crippen LogP contribution in [0, 0.1) is 0 Å². The zero-order valence-corrected chi connectivity index (χ0v) is 10.6. The third-order valence-electron chi connectivity index (χ3n) is 2.31. The largest absolute Gasteiger partial charge is 0.496 e. The van der Waals surface area contributed by atoms with E-state index in [1.807, 2.05) is 6.07 Å². The SMILES string of the molecule is COc1cc(Cl)ccc1C(Cl)CCCC=O. The molecule has 0 aliphatic heterocycles. The molecule has 1 atom stereocenters. The molecule has 0 spiro atoms. The normalized spacial score (nSPS) is 12.2. The average molecular weight is 261 g/mol. The lowest BCUT2D eigenvalue weighted by Gasteiger charge is -2.13. The summed E-state index contributed by atoms with van der Waals surface area (Å²) in [6.07, 6.45) is 2.98. The highest BCUT2D eigenvalue weighted by Crippen LogP contribution is 2.34.